The lowest BCUT2D eigenvalue weighted by Crippen LogP contribution is -2.11. The van der Waals surface area contributed by atoms with Crippen molar-refractivity contribution in [3.8, 4) is 11.5 Å². The van der Waals surface area contributed by atoms with Gasteiger partial charge in [0.05, 0.1) is 22.3 Å². The molecule has 9 nitrogen and oxygen atoms in total. The van der Waals surface area contributed by atoms with Crippen molar-refractivity contribution in [1.29, 1.82) is 0 Å². The second-order valence-electron chi connectivity index (χ2n) is 6.27. The van der Waals surface area contributed by atoms with Crippen molar-refractivity contribution >= 4 is 48.8 Å². The average Bonchev–Trinajstić information content (AvgIpc) is 3.24. The average molecular weight is 443 g/mol. The summed E-state index contributed by atoms with van der Waals surface area (Å²) in [6.45, 7) is 0.284. The van der Waals surface area contributed by atoms with Gasteiger partial charge in [0, 0.05) is 16.3 Å². The zero-order chi connectivity index (χ0) is 21.1. The fraction of sp³-hybridized carbons (Fsp3) is 0.105. The van der Waals surface area contributed by atoms with Crippen molar-refractivity contribution in [2.75, 3.05) is 12.4 Å². The van der Waals surface area contributed by atoms with E-state index in [0.717, 1.165) is 10.9 Å². The van der Waals surface area contributed by atoms with Gasteiger partial charge in [-0.15, -0.1) is 10.2 Å². The molecule has 0 saturated carbocycles. The number of benzene rings is 2. The van der Waals surface area contributed by atoms with Crippen LogP contribution in [0.4, 0.5) is 10.9 Å². The Balaban J connectivity index is 1.59. The second-order valence-corrected chi connectivity index (χ2v) is 9.03. The highest BCUT2D eigenvalue weighted by Gasteiger charge is 2.13. The minimum atomic E-state index is -2.73. The molecule has 2 heterocycles. The third kappa shape index (κ3) is 4.32. The summed E-state index contributed by atoms with van der Waals surface area (Å²) in [6, 6.07) is 10.6. The van der Waals surface area contributed by atoms with Gasteiger partial charge in [0.25, 0.3) is 0 Å². The first-order valence-electron chi connectivity index (χ1n) is 8.67. The Morgan fingerprint density at radius 3 is 2.67 bits per heavy atom. The normalized spacial score (nSPS) is 13.0. The molecule has 0 spiro atoms. The third-order valence-electron chi connectivity index (χ3n) is 4.22. The molecule has 11 heteroatoms. The van der Waals surface area contributed by atoms with E-state index < -0.39 is 9.71 Å². The van der Waals surface area contributed by atoms with Gasteiger partial charge in [-0.2, -0.15) is 0 Å². The highest BCUT2D eigenvalue weighted by atomic mass is 32.2. The van der Waals surface area contributed by atoms with Crippen LogP contribution in [0.2, 0.25) is 0 Å². The molecule has 3 N–H and O–H groups in total. The first-order valence-corrected chi connectivity index (χ1v) is 11.3. The fourth-order valence-corrected chi connectivity index (χ4v) is 3.78. The van der Waals surface area contributed by atoms with Crippen LogP contribution < -0.4 is 19.9 Å². The van der Waals surface area contributed by atoms with Crippen molar-refractivity contribution in [3.05, 3.63) is 53.8 Å². The molecule has 0 aliphatic rings. The summed E-state index contributed by atoms with van der Waals surface area (Å²) in [7, 11) is -1.17. The van der Waals surface area contributed by atoms with E-state index in [1.54, 1.807) is 43.0 Å². The molecule has 30 heavy (non-hydrogen) atoms. The Labute approximate surface area is 177 Å². The largest absolute Gasteiger partial charge is 0.493 e. The van der Waals surface area contributed by atoms with Crippen molar-refractivity contribution in [1.82, 2.24) is 20.2 Å². The van der Waals surface area contributed by atoms with Gasteiger partial charge in [-0.25, -0.2) is 14.2 Å². The van der Waals surface area contributed by atoms with Gasteiger partial charge in [0.1, 0.15) is 24.3 Å². The molecule has 4 aromatic rings. The monoisotopic (exact) mass is 442 g/mol. The van der Waals surface area contributed by atoms with Crippen LogP contribution in [-0.4, -0.2) is 37.4 Å². The van der Waals surface area contributed by atoms with E-state index in [1.807, 2.05) is 6.07 Å². The van der Waals surface area contributed by atoms with Crippen LogP contribution in [-0.2, 0) is 16.3 Å². The van der Waals surface area contributed by atoms with Crippen LogP contribution in [0.15, 0.2) is 53.1 Å². The van der Waals surface area contributed by atoms with Crippen LogP contribution in [0.25, 0.3) is 10.9 Å². The lowest BCUT2D eigenvalue weighted by molar-refractivity contribution is 0.285. The minimum Gasteiger partial charge on any atom is -0.493 e. The lowest BCUT2D eigenvalue weighted by atomic mass is 10.2. The van der Waals surface area contributed by atoms with Gasteiger partial charge in [0.2, 0.25) is 5.13 Å². The minimum absolute atomic E-state index is 0.284. The Kier molecular flexibility index (Phi) is 5.48. The molecule has 2 aromatic carbocycles. The topological polar surface area (TPSA) is 125 Å². The number of nitrogens with one attached hydrogen (secondary N) is 1. The summed E-state index contributed by atoms with van der Waals surface area (Å²) in [5.74, 6) is 5.15. The molecule has 0 bridgehead atoms. The quantitative estimate of drug-likeness (QED) is 0.419. The van der Waals surface area contributed by atoms with E-state index in [2.05, 4.69) is 31.4 Å². The molecule has 4 rings (SSSR count). The summed E-state index contributed by atoms with van der Waals surface area (Å²) < 4.78 is 23.3. The zero-order valence-electron chi connectivity index (χ0n) is 15.9. The molecule has 1 unspecified atom stereocenters. The molecule has 0 fully saturated rings. The molecule has 0 radical (unpaired) electrons. The number of hydrogen-bond acceptors (Lipinski definition) is 9. The zero-order valence-corrected chi connectivity index (χ0v) is 17.6. The third-order valence-corrected chi connectivity index (χ3v) is 5.90. The number of hydrogen-bond donors (Lipinski definition) is 2. The first-order chi connectivity index (χ1) is 14.4. The molecule has 0 aliphatic carbocycles. The lowest BCUT2D eigenvalue weighted by Gasteiger charge is -2.13. The Bertz CT molecular complexity index is 1280. The summed E-state index contributed by atoms with van der Waals surface area (Å²) in [4.78, 5) is 9.11. The number of fused-ring (bicyclic) bond motifs is 1. The van der Waals surface area contributed by atoms with Gasteiger partial charge in [-0.05, 0) is 29.6 Å². The van der Waals surface area contributed by atoms with Crippen molar-refractivity contribution in [3.63, 3.8) is 0 Å². The maximum Gasteiger partial charge on any atom is 0.211 e. The van der Waals surface area contributed by atoms with Crippen LogP contribution >= 0.6 is 11.3 Å². The molecule has 154 valence electrons. The molecular formula is C19H18N6O3S2. The Morgan fingerprint density at radius 1 is 1.20 bits per heavy atom. The van der Waals surface area contributed by atoms with Crippen LogP contribution in [0.5, 0.6) is 11.5 Å². The van der Waals surface area contributed by atoms with Gasteiger partial charge < -0.3 is 14.8 Å². The summed E-state index contributed by atoms with van der Waals surface area (Å²) >= 11 is 1.37. The predicted octanol–water partition coefficient (Wildman–Crippen LogP) is 2.76. The maximum atomic E-state index is 11.8. The number of aromatic nitrogens is 4. The summed E-state index contributed by atoms with van der Waals surface area (Å²) in [6.07, 6.45) is 1.46. The van der Waals surface area contributed by atoms with Gasteiger partial charge in [-0.1, -0.05) is 23.5 Å². The Morgan fingerprint density at radius 2 is 2.00 bits per heavy atom. The number of nitrogens with two attached hydrogens (primary N) is 1. The van der Waals surface area contributed by atoms with E-state index in [9.17, 15) is 4.21 Å². The highest BCUT2D eigenvalue weighted by Crippen LogP contribution is 2.35. The molecule has 2 aromatic heterocycles. The maximum absolute atomic E-state index is 11.8. The van der Waals surface area contributed by atoms with Gasteiger partial charge >= 0.3 is 0 Å². The smallest absolute Gasteiger partial charge is 0.211 e. The number of nitrogens with zero attached hydrogens (tertiary/aromatic N) is 4. The molecular weight excluding hydrogens is 424 g/mol. The van der Waals surface area contributed by atoms with Crippen LogP contribution in [0, 0.1) is 0 Å². The van der Waals surface area contributed by atoms with Crippen molar-refractivity contribution < 1.29 is 13.7 Å². The van der Waals surface area contributed by atoms with Gasteiger partial charge in [-0.3, -0.25) is 5.14 Å². The standard InChI is InChI=1S/C19H18N6O3S2/c1-27-16-7-14-15(21-10-22-18(14)24-19-25-23-11-29-19)8-17(16)28-9-12-3-5-13(6-4-12)30(2,20)26/h3-8,10-11H,2,9H2,1H3,(H2,20,26)(H,21,22,24,25). The summed E-state index contributed by atoms with van der Waals surface area (Å²) in [5, 5.41) is 17.9. The molecule has 0 aliphatic heterocycles. The van der Waals surface area contributed by atoms with E-state index in [0.29, 0.717) is 32.9 Å². The van der Waals surface area contributed by atoms with E-state index in [1.165, 1.54) is 17.7 Å². The predicted molar refractivity (Wildman–Crippen MR) is 118 cm³/mol. The summed E-state index contributed by atoms with van der Waals surface area (Å²) in [5.41, 5.74) is 3.20. The van der Waals surface area contributed by atoms with E-state index >= 15 is 0 Å². The van der Waals surface area contributed by atoms with E-state index in [-0.39, 0.29) is 6.61 Å². The van der Waals surface area contributed by atoms with Crippen LogP contribution in [0.1, 0.15) is 5.56 Å². The second kappa shape index (κ2) is 8.22. The van der Waals surface area contributed by atoms with Crippen molar-refractivity contribution in [2.24, 2.45) is 5.14 Å². The molecule has 1 atom stereocenters. The SMILES string of the molecule is C=S(N)(=O)c1ccc(COc2cc3ncnc(Nc4nncs4)c3cc2OC)cc1. The first kappa shape index (κ1) is 20.0. The number of ether oxygens (including phenoxy) is 2. The molecule has 0 saturated heterocycles. The Hall–Kier alpha value is -3.28. The molecule has 0 amide bonds. The van der Waals surface area contributed by atoms with Crippen LogP contribution in [0.3, 0.4) is 0 Å². The van der Waals surface area contributed by atoms with E-state index in [4.69, 9.17) is 14.6 Å². The number of methoxy groups -OCH3 is 1. The van der Waals surface area contributed by atoms with Gasteiger partial charge in [0.15, 0.2) is 11.5 Å². The number of rotatable bonds is 7. The highest BCUT2D eigenvalue weighted by molar-refractivity contribution is 7.98. The fourth-order valence-electron chi connectivity index (χ4n) is 2.74. The number of anilines is 2. The van der Waals surface area contributed by atoms with Crippen molar-refractivity contribution in [2.45, 2.75) is 11.5 Å².